The van der Waals surface area contributed by atoms with E-state index in [-0.39, 0.29) is 54.1 Å². The van der Waals surface area contributed by atoms with Gasteiger partial charge < -0.3 is 71.1 Å². The van der Waals surface area contributed by atoms with Crippen LogP contribution in [0.2, 0.25) is 0 Å². The number of phosphoric ester groups is 3. The minimum absolute atomic E-state index is 0.0172. The second-order valence-corrected chi connectivity index (χ2v) is 28.1. The smallest absolute Gasteiger partial charge is 0.481 e. The molecule has 30 nitrogen and oxygen atoms in total. The first-order valence-electron chi connectivity index (χ1n) is 25.7. The number of piperidine rings is 2. The molecular weight excluding hydrogens is 1150 g/mol. The molecule has 11 atom stereocenters. The number of nitrogens with two attached hydrogens (primary N) is 1. The van der Waals surface area contributed by atoms with Gasteiger partial charge in [-0.3, -0.25) is 37.3 Å². The molecule has 9 heterocycles. The third kappa shape index (κ3) is 10.4. The number of aromatic nitrogens is 5. The maximum atomic E-state index is 15.0. The zero-order valence-corrected chi connectivity index (χ0v) is 48.0. The first-order chi connectivity index (χ1) is 37.7. The third-order valence-corrected chi connectivity index (χ3v) is 20.5. The van der Waals surface area contributed by atoms with Gasteiger partial charge in [-0.05, 0) is 57.4 Å². The maximum absolute atomic E-state index is 15.0. The number of anilines is 1. The van der Waals surface area contributed by atoms with Crippen LogP contribution in [0.3, 0.4) is 0 Å². The second-order valence-electron chi connectivity index (χ2n) is 22.7. The number of carbonyl (C=O) groups is 4. The quantitative estimate of drug-likeness (QED) is 0.0341. The Kier molecular flexibility index (Phi) is 15.0. The molecule has 11 rings (SSSR count). The Bertz CT molecular complexity index is 3430. The van der Waals surface area contributed by atoms with E-state index in [1.54, 1.807) is 4.90 Å². The number of aliphatic hydroxyl groups is 2. The van der Waals surface area contributed by atoms with Crippen LogP contribution in [0.15, 0.2) is 30.9 Å². The number of fused-ring (bicyclic) bond motifs is 7. The van der Waals surface area contributed by atoms with Gasteiger partial charge in [-0.15, -0.1) is 11.8 Å². The summed E-state index contributed by atoms with van der Waals surface area (Å²) >= 11 is 1.37. The molecule has 6 aliphatic heterocycles. The number of carbonyl (C=O) groups excluding carboxylic acids is 4. The van der Waals surface area contributed by atoms with Gasteiger partial charge in [-0.1, -0.05) is 27.7 Å². The van der Waals surface area contributed by atoms with Crippen molar-refractivity contribution in [1.29, 1.82) is 0 Å². The largest absolute Gasteiger partial charge is 0.483 e. The molecular formula is C47H63N10O20P3S. The zero-order chi connectivity index (χ0) is 58.8. The SMILES string of the molecule is CC1(C)C=Cc2c(ccc3c4c(n(O)c23)C(C)(C)C2CC35CCCN3C(=O)[C@]2(NC5=O)C4SCCNC(=O)CCNC(=O)[C@@H](O)C(C)(C)COP(=O)(O)OP(=O)(O)OCC2OC(n3cnc4c(N)ncnc43)C(O)C2OP(=O)(O)O)O1. The molecule has 2 spiro atoms. The van der Waals surface area contributed by atoms with Crippen LogP contribution in [0, 0.1) is 11.3 Å². The van der Waals surface area contributed by atoms with Crippen molar-refractivity contribution >= 4 is 92.8 Å². The number of nitrogen functional groups attached to an aromatic ring is 1. The van der Waals surface area contributed by atoms with Crippen molar-refractivity contribution in [2.75, 3.05) is 44.3 Å². The van der Waals surface area contributed by atoms with Crippen LogP contribution in [0.25, 0.3) is 28.1 Å². The molecule has 3 aromatic heterocycles. The number of nitrogens with one attached hydrogen (secondary N) is 3. The first kappa shape index (κ1) is 59.1. The van der Waals surface area contributed by atoms with Gasteiger partial charge in [-0.2, -0.15) is 9.04 Å². The number of rotatable bonds is 20. The lowest BCUT2D eigenvalue weighted by Crippen LogP contribution is -2.85. The number of phosphoric acid groups is 3. The van der Waals surface area contributed by atoms with Crippen LogP contribution in [0.4, 0.5) is 5.82 Å². The van der Waals surface area contributed by atoms with E-state index in [1.165, 1.54) is 30.3 Å². The van der Waals surface area contributed by atoms with Crippen LogP contribution >= 0.6 is 35.2 Å². The Morgan fingerprint density at radius 3 is 2.49 bits per heavy atom. The van der Waals surface area contributed by atoms with Crippen molar-refractivity contribution < 1.29 is 95.2 Å². The zero-order valence-electron chi connectivity index (χ0n) is 44.5. The van der Waals surface area contributed by atoms with Crippen LogP contribution in [0.1, 0.15) is 95.5 Å². The van der Waals surface area contributed by atoms with E-state index in [9.17, 15) is 63.1 Å². The summed E-state index contributed by atoms with van der Waals surface area (Å²) in [5, 5.41) is 42.7. The Morgan fingerprint density at radius 1 is 1.04 bits per heavy atom. The molecule has 4 aromatic rings. The predicted molar refractivity (Wildman–Crippen MR) is 283 cm³/mol. The van der Waals surface area contributed by atoms with E-state index in [0.717, 1.165) is 17.2 Å². The van der Waals surface area contributed by atoms with Gasteiger partial charge in [0.2, 0.25) is 17.7 Å². The summed E-state index contributed by atoms with van der Waals surface area (Å²) in [4.78, 5) is 109. The van der Waals surface area contributed by atoms with E-state index in [4.69, 9.17) is 28.8 Å². The van der Waals surface area contributed by atoms with Gasteiger partial charge in [0.25, 0.3) is 5.91 Å². The highest BCUT2D eigenvalue weighted by atomic mass is 32.2. The van der Waals surface area contributed by atoms with E-state index in [2.05, 4.69) is 35.2 Å². The molecule has 1 aromatic carbocycles. The summed E-state index contributed by atoms with van der Waals surface area (Å²) in [5.74, 6) is -1.53. The van der Waals surface area contributed by atoms with E-state index < -0.39 is 118 Å². The summed E-state index contributed by atoms with van der Waals surface area (Å²) in [6, 6.07) is 3.71. The minimum atomic E-state index is -5.64. The number of hydrogen-bond acceptors (Lipinski definition) is 21. The monoisotopic (exact) mass is 1210 g/mol. The van der Waals surface area contributed by atoms with Crippen molar-refractivity contribution in [2.24, 2.45) is 11.3 Å². The van der Waals surface area contributed by atoms with E-state index in [1.807, 2.05) is 52.0 Å². The topological polar surface area (TPSA) is 430 Å². The average Bonchev–Trinajstić information content (AvgIpc) is 1.73. The molecule has 9 unspecified atom stereocenters. The number of thioether (sulfide) groups is 1. The molecule has 34 heteroatoms. The van der Waals surface area contributed by atoms with Crippen molar-refractivity contribution in [3.8, 4) is 5.75 Å². The fourth-order valence-corrected chi connectivity index (χ4v) is 16.5. The van der Waals surface area contributed by atoms with Crippen molar-refractivity contribution in [3.63, 3.8) is 0 Å². The molecule has 7 aliphatic rings. The summed E-state index contributed by atoms with van der Waals surface area (Å²) in [5.41, 5.74) is 2.92. The Hall–Kier alpha value is -5.07. The summed E-state index contributed by atoms with van der Waals surface area (Å²) < 4.78 is 70.7. The molecule has 2 bridgehead atoms. The van der Waals surface area contributed by atoms with Crippen LogP contribution < -0.4 is 26.4 Å². The molecule has 5 fully saturated rings. The van der Waals surface area contributed by atoms with Crippen LogP contribution in [-0.2, 0) is 60.9 Å². The molecule has 81 heavy (non-hydrogen) atoms. The first-order valence-corrected chi connectivity index (χ1v) is 31.3. The molecule has 0 radical (unpaired) electrons. The van der Waals surface area contributed by atoms with Crippen molar-refractivity contribution in [1.82, 2.24) is 45.1 Å². The second kappa shape index (κ2) is 20.6. The molecule has 1 aliphatic carbocycles. The number of piperazine rings is 1. The van der Waals surface area contributed by atoms with Gasteiger partial charge in [-0.25, -0.2) is 28.6 Å². The molecule has 5 saturated heterocycles. The number of amides is 4. The van der Waals surface area contributed by atoms with E-state index in [0.29, 0.717) is 59.3 Å². The maximum Gasteiger partial charge on any atom is 0.481 e. The van der Waals surface area contributed by atoms with Gasteiger partial charge in [0.15, 0.2) is 17.7 Å². The van der Waals surface area contributed by atoms with E-state index >= 15 is 4.79 Å². The normalized spacial score (nSPS) is 29.0. The van der Waals surface area contributed by atoms with Gasteiger partial charge in [0.05, 0.1) is 36.0 Å². The predicted octanol–water partition coefficient (Wildman–Crippen LogP) is 1.80. The van der Waals surface area contributed by atoms with Gasteiger partial charge in [0.1, 0.15) is 58.7 Å². The molecule has 4 amide bonds. The summed E-state index contributed by atoms with van der Waals surface area (Å²) in [6.45, 7) is 8.52. The highest BCUT2D eigenvalue weighted by molar-refractivity contribution is 7.99. The Labute approximate surface area is 465 Å². The van der Waals surface area contributed by atoms with Crippen molar-refractivity contribution in [3.05, 3.63) is 47.7 Å². The fourth-order valence-electron chi connectivity index (χ4n) is 12.3. The standard InChI is InChI=1S/C47H63N10O20P3S/c1-43(2,20-73-80(70,71)77-79(68,69)72-19-26-33(76-78(65,66)67)32(59)40(74-26)55-22-53-30-37(48)51-21-52-38(30)55)35(60)39(61)50-14-11-28(58)49-15-17-81-36-29-24-8-9-25-23(10-13-44(3,4)75-25)31(24)57(64)34(29)45(5,6)27-18-46-12-7-16-56(46)42(63)47(27,36)54-41(46)62/h8-10,13,21-22,26-27,32-33,35-36,40,59-60,64H,7,11-12,14-20H2,1-6H3,(H,49,58)(H,50,61)(H,54,62)(H,68,69)(H,70,71)(H2,48,51,52)(H2,65,66,67)/t26?,27?,32?,33?,35-,36?,40?,46?,47-/m1/s1. The molecule has 0 saturated carbocycles. The molecule has 442 valence electrons. The number of aliphatic hydroxyl groups excluding tert-OH is 2. The number of ether oxygens (including phenoxy) is 2. The van der Waals surface area contributed by atoms with Gasteiger partial charge >= 0.3 is 23.5 Å². The lowest BCUT2D eigenvalue weighted by Gasteiger charge is -2.66. The third-order valence-electron chi connectivity index (χ3n) is 16.0. The Balaban J connectivity index is 0.731. The van der Waals surface area contributed by atoms with Gasteiger partial charge in [0, 0.05) is 65.1 Å². The highest BCUT2D eigenvalue weighted by Gasteiger charge is 2.76. The molecule has 12 N–H and O–H groups in total. The average molecular weight is 1210 g/mol. The van der Waals surface area contributed by atoms with Crippen molar-refractivity contribution in [2.45, 2.75) is 125 Å². The Morgan fingerprint density at radius 2 is 1.77 bits per heavy atom. The minimum Gasteiger partial charge on any atom is -0.483 e. The summed E-state index contributed by atoms with van der Waals surface area (Å²) in [6.07, 6.45) is -1.76. The van der Waals surface area contributed by atoms with Crippen LogP contribution in [-0.4, -0.2) is 167 Å². The number of imidazole rings is 1. The fraction of sp³-hybridized carbons (Fsp3) is 0.596. The lowest BCUT2D eigenvalue weighted by atomic mass is 9.51. The lowest BCUT2D eigenvalue weighted by molar-refractivity contribution is -0.179. The van der Waals surface area contributed by atoms with Crippen LogP contribution in [0.5, 0.6) is 5.75 Å². The number of hydrogen-bond donors (Lipinski definition) is 11. The highest BCUT2D eigenvalue weighted by Crippen LogP contribution is 2.66. The number of nitrogens with zero attached hydrogens (tertiary/aromatic N) is 6. The number of benzene rings is 1. The summed E-state index contributed by atoms with van der Waals surface area (Å²) in [7, 11) is -16.6.